The molecule has 0 aliphatic heterocycles. The van der Waals surface area contributed by atoms with Crippen LogP contribution in [0.5, 0.6) is 10.9 Å². The minimum absolute atomic E-state index is 0.0932. The van der Waals surface area contributed by atoms with Crippen LogP contribution >= 0.6 is 22.9 Å². The highest BCUT2D eigenvalue weighted by molar-refractivity contribution is 7.15. The molecule has 0 bridgehead atoms. The number of nitrogens with zero attached hydrogens (tertiary/aromatic N) is 1. The molecule has 0 amide bonds. The second-order valence-corrected chi connectivity index (χ2v) is 5.74. The summed E-state index contributed by atoms with van der Waals surface area (Å²) in [5.74, 6) is 0.595. The van der Waals surface area contributed by atoms with Crippen LogP contribution < -0.4 is 4.74 Å². The van der Waals surface area contributed by atoms with Gasteiger partial charge in [-0.05, 0) is 23.6 Å². The van der Waals surface area contributed by atoms with Gasteiger partial charge in [0.25, 0.3) is 5.19 Å². The lowest BCUT2D eigenvalue weighted by Gasteiger charge is -2.06. The van der Waals surface area contributed by atoms with Crippen molar-refractivity contribution >= 4 is 28.9 Å². The normalized spacial score (nSPS) is 10.7. The fourth-order valence-corrected chi connectivity index (χ4v) is 2.63. The molecule has 0 aliphatic carbocycles. The van der Waals surface area contributed by atoms with Crippen LogP contribution in [0, 0.1) is 0 Å². The van der Waals surface area contributed by atoms with Crippen molar-refractivity contribution in [2.75, 3.05) is 7.11 Å². The number of ether oxygens (including phenoxy) is 2. The molecular weight excluding hydrogens is 298 g/mol. The van der Waals surface area contributed by atoms with E-state index in [9.17, 15) is 4.79 Å². The Morgan fingerprint density at radius 3 is 2.50 bits per heavy atom. The van der Waals surface area contributed by atoms with E-state index in [0.717, 1.165) is 11.3 Å². The zero-order valence-corrected chi connectivity index (χ0v) is 12.9. The van der Waals surface area contributed by atoms with Crippen molar-refractivity contribution in [1.82, 2.24) is 4.98 Å². The summed E-state index contributed by atoms with van der Waals surface area (Å²) in [6, 6.07) is 7.72. The molecule has 0 radical (unpaired) electrons. The number of esters is 1. The minimum Gasteiger partial charge on any atom is -0.465 e. The first-order valence-corrected chi connectivity index (χ1v) is 7.23. The molecule has 1 aromatic carbocycles. The van der Waals surface area contributed by atoms with Crippen LogP contribution in [0.3, 0.4) is 0 Å². The van der Waals surface area contributed by atoms with Crippen LogP contribution in [-0.4, -0.2) is 18.1 Å². The van der Waals surface area contributed by atoms with Gasteiger partial charge in [0.05, 0.1) is 7.11 Å². The van der Waals surface area contributed by atoms with E-state index in [2.05, 4.69) is 23.6 Å². The summed E-state index contributed by atoms with van der Waals surface area (Å²) in [5.41, 5.74) is 1.23. The lowest BCUT2D eigenvalue weighted by molar-refractivity contribution is 0.0606. The van der Waals surface area contributed by atoms with Gasteiger partial charge in [-0.25, -0.2) is 4.79 Å². The number of hydrogen-bond donors (Lipinski definition) is 0. The monoisotopic (exact) mass is 311 g/mol. The highest BCUT2D eigenvalue weighted by Gasteiger charge is 2.18. The van der Waals surface area contributed by atoms with E-state index in [1.165, 1.54) is 12.7 Å². The summed E-state index contributed by atoms with van der Waals surface area (Å²) in [5, 5.41) is 0.406. The fraction of sp³-hybridized carbons (Fsp3) is 0.286. The third-order valence-corrected chi connectivity index (χ3v) is 3.99. The van der Waals surface area contributed by atoms with Gasteiger partial charge in [0, 0.05) is 0 Å². The van der Waals surface area contributed by atoms with E-state index >= 15 is 0 Å². The number of rotatable bonds is 4. The van der Waals surface area contributed by atoms with Gasteiger partial charge in [-0.1, -0.05) is 48.9 Å². The SMILES string of the molecule is COC(=O)c1sc(Oc2ccc(C(C)C)cc2)nc1Cl. The summed E-state index contributed by atoms with van der Waals surface area (Å²) in [7, 11) is 1.30. The van der Waals surface area contributed by atoms with Crippen molar-refractivity contribution in [2.24, 2.45) is 0 Å². The first-order chi connectivity index (χ1) is 9.51. The van der Waals surface area contributed by atoms with E-state index in [4.69, 9.17) is 16.3 Å². The smallest absolute Gasteiger partial charge is 0.351 e. The number of aromatic nitrogens is 1. The van der Waals surface area contributed by atoms with Crippen LogP contribution in [0.1, 0.15) is 35.0 Å². The van der Waals surface area contributed by atoms with Crippen LogP contribution in [0.15, 0.2) is 24.3 Å². The Kier molecular flexibility index (Phi) is 4.62. The first kappa shape index (κ1) is 14.8. The van der Waals surface area contributed by atoms with Gasteiger partial charge in [0.2, 0.25) is 0 Å². The molecule has 2 aromatic rings. The highest BCUT2D eigenvalue weighted by Crippen LogP contribution is 2.32. The zero-order valence-electron chi connectivity index (χ0n) is 11.3. The fourth-order valence-electron chi connectivity index (χ4n) is 1.57. The van der Waals surface area contributed by atoms with Crippen LogP contribution in [0.4, 0.5) is 0 Å². The van der Waals surface area contributed by atoms with Gasteiger partial charge in [-0.2, -0.15) is 4.98 Å². The molecule has 1 heterocycles. The highest BCUT2D eigenvalue weighted by atomic mass is 35.5. The number of methoxy groups -OCH3 is 1. The van der Waals surface area contributed by atoms with Crippen LogP contribution in [-0.2, 0) is 4.74 Å². The maximum absolute atomic E-state index is 11.4. The molecular formula is C14H14ClNO3S. The Labute approximate surface area is 126 Å². The second-order valence-electron chi connectivity index (χ2n) is 4.42. The lowest BCUT2D eigenvalue weighted by atomic mass is 10.0. The molecule has 106 valence electrons. The Morgan fingerprint density at radius 1 is 1.30 bits per heavy atom. The number of benzene rings is 1. The summed E-state index contributed by atoms with van der Waals surface area (Å²) in [4.78, 5) is 15.7. The van der Waals surface area contributed by atoms with E-state index < -0.39 is 5.97 Å². The zero-order chi connectivity index (χ0) is 14.7. The topological polar surface area (TPSA) is 48.4 Å². The molecule has 0 unspecified atom stereocenters. The Hall–Kier alpha value is -1.59. The van der Waals surface area contributed by atoms with Crippen molar-refractivity contribution in [2.45, 2.75) is 19.8 Å². The largest absolute Gasteiger partial charge is 0.465 e. The molecule has 0 aliphatic rings. The molecule has 20 heavy (non-hydrogen) atoms. The van der Waals surface area contributed by atoms with Crippen molar-refractivity contribution < 1.29 is 14.3 Å². The Bertz CT molecular complexity index is 607. The summed E-state index contributed by atoms with van der Waals surface area (Å²) in [6.07, 6.45) is 0. The molecule has 1 aromatic heterocycles. The predicted molar refractivity (Wildman–Crippen MR) is 79.1 cm³/mol. The van der Waals surface area contributed by atoms with Crippen molar-refractivity contribution in [3.63, 3.8) is 0 Å². The maximum atomic E-state index is 11.4. The number of thiazole rings is 1. The molecule has 0 spiro atoms. The van der Waals surface area contributed by atoms with Crippen molar-refractivity contribution in [3.05, 3.63) is 39.9 Å². The molecule has 0 saturated heterocycles. The lowest BCUT2D eigenvalue weighted by Crippen LogP contribution is -1.98. The standard InChI is InChI=1S/C14H14ClNO3S/c1-8(2)9-4-6-10(7-5-9)19-14-16-12(15)11(20-14)13(17)18-3/h4-8H,1-3H3. The summed E-state index contributed by atoms with van der Waals surface area (Å²) in [6.45, 7) is 4.25. The van der Waals surface area contributed by atoms with E-state index in [-0.39, 0.29) is 10.0 Å². The second kappa shape index (κ2) is 6.24. The summed E-state index contributed by atoms with van der Waals surface area (Å²) >= 11 is 6.93. The number of hydrogen-bond acceptors (Lipinski definition) is 5. The number of carbonyl (C=O) groups is 1. The van der Waals surface area contributed by atoms with E-state index in [0.29, 0.717) is 16.9 Å². The predicted octanol–water partition coefficient (Wildman–Crippen LogP) is 4.50. The van der Waals surface area contributed by atoms with Crippen LogP contribution in [0.25, 0.3) is 0 Å². The average Bonchev–Trinajstić information content (AvgIpc) is 2.79. The Balaban J connectivity index is 2.16. The van der Waals surface area contributed by atoms with Gasteiger partial charge in [-0.3, -0.25) is 0 Å². The molecule has 0 saturated carbocycles. The van der Waals surface area contributed by atoms with Gasteiger partial charge in [0.1, 0.15) is 5.75 Å². The van der Waals surface area contributed by atoms with Gasteiger partial charge in [-0.15, -0.1) is 0 Å². The quantitative estimate of drug-likeness (QED) is 0.780. The minimum atomic E-state index is -0.516. The average molecular weight is 312 g/mol. The van der Waals surface area contributed by atoms with Crippen molar-refractivity contribution in [3.8, 4) is 10.9 Å². The van der Waals surface area contributed by atoms with Gasteiger partial charge < -0.3 is 9.47 Å². The van der Waals surface area contributed by atoms with Gasteiger partial charge >= 0.3 is 5.97 Å². The van der Waals surface area contributed by atoms with E-state index in [1.54, 1.807) is 0 Å². The van der Waals surface area contributed by atoms with Crippen LogP contribution in [0.2, 0.25) is 5.15 Å². The van der Waals surface area contributed by atoms with Gasteiger partial charge in [0.15, 0.2) is 10.0 Å². The van der Waals surface area contributed by atoms with E-state index in [1.807, 2.05) is 24.3 Å². The third-order valence-electron chi connectivity index (χ3n) is 2.69. The number of carbonyl (C=O) groups excluding carboxylic acids is 1. The molecule has 0 fully saturated rings. The third kappa shape index (κ3) is 3.29. The maximum Gasteiger partial charge on any atom is 0.351 e. The first-order valence-electron chi connectivity index (χ1n) is 6.03. The Morgan fingerprint density at radius 2 is 1.95 bits per heavy atom. The summed E-state index contributed by atoms with van der Waals surface area (Å²) < 4.78 is 10.2. The molecule has 6 heteroatoms. The molecule has 2 rings (SSSR count). The molecule has 4 nitrogen and oxygen atoms in total. The van der Waals surface area contributed by atoms with Crippen molar-refractivity contribution in [1.29, 1.82) is 0 Å². The number of halogens is 1. The molecule has 0 atom stereocenters. The molecule has 0 N–H and O–H groups in total.